The summed E-state index contributed by atoms with van der Waals surface area (Å²) in [4.78, 5) is 0.193. The van der Waals surface area contributed by atoms with E-state index in [-0.39, 0.29) is 11.4 Å². The maximum atomic E-state index is 12.1. The standard InChI is InChI=1S/C12H15BrN2O2S/c1-3-4-5-6-15-18(16,17)12-8-10(13)7-11(14)9(12)2/h7-8,15H,5-6,14H2,1-2H3. The second kappa shape index (κ2) is 6.23. The van der Waals surface area contributed by atoms with E-state index < -0.39 is 10.0 Å². The summed E-state index contributed by atoms with van der Waals surface area (Å²) < 4.78 is 27.3. The Morgan fingerprint density at radius 1 is 1.44 bits per heavy atom. The van der Waals surface area contributed by atoms with Gasteiger partial charge in [0.15, 0.2) is 0 Å². The highest BCUT2D eigenvalue weighted by atomic mass is 79.9. The molecule has 0 aliphatic heterocycles. The summed E-state index contributed by atoms with van der Waals surface area (Å²) >= 11 is 3.24. The predicted octanol–water partition coefficient (Wildman–Crippen LogP) is 2.03. The van der Waals surface area contributed by atoms with Crippen LogP contribution in [0.5, 0.6) is 0 Å². The van der Waals surface area contributed by atoms with Gasteiger partial charge in [-0.2, -0.15) is 0 Å². The van der Waals surface area contributed by atoms with Crippen LogP contribution in [0.4, 0.5) is 5.69 Å². The number of benzene rings is 1. The molecule has 0 heterocycles. The summed E-state index contributed by atoms with van der Waals surface area (Å²) in [6, 6.07) is 3.22. The normalized spacial score (nSPS) is 10.8. The molecule has 0 amide bonds. The van der Waals surface area contributed by atoms with Gasteiger partial charge in [-0.3, -0.25) is 0 Å². The molecule has 0 unspecified atom stereocenters. The molecule has 0 aliphatic rings. The molecule has 0 aromatic heterocycles. The van der Waals surface area contributed by atoms with Crippen molar-refractivity contribution < 1.29 is 8.42 Å². The van der Waals surface area contributed by atoms with Crippen molar-refractivity contribution in [2.75, 3.05) is 12.3 Å². The third kappa shape index (κ3) is 3.73. The summed E-state index contributed by atoms with van der Waals surface area (Å²) in [6.07, 6.45) is 0.484. The summed E-state index contributed by atoms with van der Waals surface area (Å²) in [6.45, 7) is 3.69. The fourth-order valence-electron chi connectivity index (χ4n) is 1.40. The average Bonchev–Trinajstić information content (AvgIpc) is 2.29. The van der Waals surface area contributed by atoms with Crippen molar-refractivity contribution in [1.29, 1.82) is 0 Å². The van der Waals surface area contributed by atoms with E-state index in [4.69, 9.17) is 5.73 Å². The van der Waals surface area contributed by atoms with Crippen molar-refractivity contribution in [2.45, 2.75) is 25.2 Å². The summed E-state index contributed by atoms with van der Waals surface area (Å²) in [5.74, 6) is 5.51. The molecule has 0 aliphatic carbocycles. The Bertz CT molecular complexity index is 600. The Hall–Kier alpha value is -1.03. The highest BCUT2D eigenvalue weighted by Gasteiger charge is 2.18. The van der Waals surface area contributed by atoms with Gasteiger partial charge in [0.25, 0.3) is 0 Å². The largest absolute Gasteiger partial charge is 0.398 e. The third-order valence-corrected chi connectivity index (χ3v) is 4.42. The number of rotatable bonds is 4. The van der Waals surface area contributed by atoms with Gasteiger partial charge in [0.2, 0.25) is 10.0 Å². The topological polar surface area (TPSA) is 72.2 Å². The maximum absolute atomic E-state index is 12.1. The lowest BCUT2D eigenvalue weighted by Crippen LogP contribution is -2.25. The Balaban J connectivity index is 3.00. The zero-order valence-electron chi connectivity index (χ0n) is 10.2. The lowest BCUT2D eigenvalue weighted by molar-refractivity contribution is 0.582. The van der Waals surface area contributed by atoms with Crippen LogP contribution in [0.3, 0.4) is 0 Å². The van der Waals surface area contributed by atoms with Gasteiger partial charge >= 0.3 is 0 Å². The fraction of sp³-hybridized carbons (Fsp3) is 0.333. The first-order valence-corrected chi connectivity index (χ1v) is 7.61. The van der Waals surface area contributed by atoms with E-state index in [2.05, 4.69) is 32.5 Å². The van der Waals surface area contributed by atoms with Crippen LogP contribution in [-0.4, -0.2) is 15.0 Å². The minimum absolute atomic E-state index is 0.193. The lowest BCUT2D eigenvalue weighted by Gasteiger charge is -2.11. The minimum Gasteiger partial charge on any atom is -0.398 e. The van der Waals surface area contributed by atoms with Gasteiger partial charge in [-0.15, -0.1) is 11.8 Å². The van der Waals surface area contributed by atoms with Crippen LogP contribution in [-0.2, 0) is 10.0 Å². The third-order valence-electron chi connectivity index (χ3n) is 2.37. The molecule has 0 saturated carbocycles. The second-order valence-electron chi connectivity index (χ2n) is 3.69. The van der Waals surface area contributed by atoms with Crippen molar-refractivity contribution >= 4 is 31.6 Å². The maximum Gasteiger partial charge on any atom is 0.240 e. The zero-order valence-corrected chi connectivity index (χ0v) is 12.7. The second-order valence-corrected chi connectivity index (χ2v) is 6.34. The molecule has 0 radical (unpaired) electrons. The van der Waals surface area contributed by atoms with Crippen LogP contribution >= 0.6 is 15.9 Å². The average molecular weight is 331 g/mol. The number of nitrogen functional groups attached to an aromatic ring is 1. The van der Waals surface area contributed by atoms with Crippen molar-refractivity contribution in [3.63, 3.8) is 0 Å². The smallest absolute Gasteiger partial charge is 0.240 e. The Morgan fingerprint density at radius 3 is 2.72 bits per heavy atom. The molecule has 3 N–H and O–H groups in total. The Morgan fingerprint density at radius 2 is 2.11 bits per heavy atom. The molecule has 98 valence electrons. The van der Waals surface area contributed by atoms with Gasteiger partial charge in [0, 0.05) is 23.1 Å². The molecule has 18 heavy (non-hydrogen) atoms. The Kier molecular flexibility index (Phi) is 5.20. The van der Waals surface area contributed by atoms with E-state index >= 15 is 0 Å². The Labute approximate surface area is 116 Å². The number of anilines is 1. The van der Waals surface area contributed by atoms with Crippen molar-refractivity contribution in [1.82, 2.24) is 4.72 Å². The monoisotopic (exact) mass is 330 g/mol. The van der Waals surface area contributed by atoms with Crippen LogP contribution in [0.2, 0.25) is 0 Å². The van der Waals surface area contributed by atoms with E-state index in [0.717, 1.165) is 0 Å². The number of hydrogen-bond donors (Lipinski definition) is 2. The number of nitrogens with one attached hydrogen (secondary N) is 1. The van der Waals surface area contributed by atoms with Gasteiger partial charge in [0.05, 0.1) is 4.90 Å². The minimum atomic E-state index is -3.54. The van der Waals surface area contributed by atoms with E-state index in [0.29, 0.717) is 22.1 Å². The van der Waals surface area contributed by atoms with Crippen LogP contribution in [0.25, 0.3) is 0 Å². The van der Waals surface area contributed by atoms with Crippen molar-refractivity contribution in [2.24, 2.45) is 0 Å². The molecule has 1 aromatic rings. The van der Waals surface area contributed by atoms with E-state index in [1.165, 1.54) is 0 Å². The number of hydrogen-bond acceptors (Lipinski definition) is 3. The van der Waals surface area contributed by atoms with E-state index in [9.17, 15) is 8.42 Å². The number of halogens is 1. The van der Waals surface area contributed by atoms with Crippen LogP contribution in [0, 0.1) is 18.8 Å². The molecule has 6 heteroatoms. The van der Waals surface area contributed by atoms with Gasteiger partial charge in [-0.1, -0.05) is 15.9 Å². The molecule has 0 saturated heterocycles. The van der Waals surface area contributed by atoms with Gasteiger partial charge < -0.3 is 5.73 Å². The molecular weight excluding hydrogens is 316 g/mol. The summed E-state index contributed by atoms with van der Waals surface area (Å²) in [7, 11) is -3.54. The number of nitrogens with two attached hydrogens (primary N) is 1. The molecule has 4 nitrogen and oxygen atoms in total. The SMILES string of the molecule is CC#CCCNS(=O)(=O)c1cc(Br)cc(N)c1C. The van der Waals surface area contributed by atoms with Gasteiger partial charge in [0.1, 0.15) is 0 Å². The number of sulfonamides is 1. The first-order chi connectivity index (χ1) is 8.38. The lowest BCUT2D eigenvalue weighted by atomic mass is 10.2. The summed E-state index contributed by atoms with van der Waals surface area (Å²) in [5, 5.41) is 0. The molecule has 1 aromatic carbocycles. The van der Waals surface area contributed by atoms with Crippen LogP contribution in [0.15, 0.2) is 21.5 Å². The van der Waals surface area contributed by atoms with E-state index in [1.807, 2.05) is 0 Å². The molecule has 1 rings (SSSR count). The molecule has 0 bridgehead atoms. The molecule has 0 spiro atoms. The van der Waals surface area contributed by atoms with Crippen molar-refractivity contribution in [3.05, 3.63) is 22.2 Å². The molecular formula is C12H15BrN2O2S. The molecule has 0 fully saturated rings. The van der Waals surface area contributed by atoms with Crippen LogP contribution < -0.4 is 10.5 Å². The first-order valence-electron chi connectivity index (χ1n) is 5.33. The summed E-state index contributed by atoms with van der Waals surface area (Å²) in [5.41, 5.74) is 6.74. The zero-order chi connectivity index (χ0) is 13.8. The van der Waals surface area contributed by atoms with E-state index in [1.54, 1.807) is 26.0 Å². The fourth-order valence-corrected chi connectivity index (χ4v) is 3.36. The quantitative estimate of drug-likeness (QED) is 0.504. The van der Waals surface area contributed by atoms with Gasteiger partial charge in [-0.25, -0.2) is 13.1 Å². The van der Waals surface area contributed by atoms with Crippen LogP contribution in [0.1, 0.15) is 18.9 Å². The predicted molar refractivity (Wildman–Crippen MR) is 76.5 cm³/mol. The highest BCUT2D eigenvalue weighted by molar-refractivity contribution is 9.10. The van der Waals surface area contributed by atoms with Gasteiger partial charge in [-0.05, 0) is 31.5 Å². The first kappa shape index (κ1) is 15.0. The van der Waals surface area contributed by atoms with Crippen molar-refractivity contribution in [3.8, 4) is 11.8 Å². The highest BCUT2D eigenvalue weighted by Crippen LogP contribution is 2.26. The molecule has 0 atom stereocenters.